The van der Waals surface area contributed by atoms with E-state index in [-0.39, 0.29) is 5.92 Å². The standard InChI is InChI=1S/C11H13N3O5/c1-5(2)6(10(16)17)14-9(15)7-8(11(18)19)13-4-3-12-7/h3-6H,1-2H3,(H,14,15)(H,16,17)(H,18,19)/t6-/m0/s1. The number of aromatic nitrogens is 2. The summed E-state index contributed by atoms with van der Waals surface area (Å²) in [4.78, 5) is 40.8. The van der Waals surface area contributed by atoms with Gasteiger partial charge in [0.05, 0.1) is 0 Å². The monoisotopic (exact) mass is 267 g/mol. The Morgan fingerprint density at radius 1 is 1.11 bits per heavy atom. The Hall–Kier alpha value is -2.51. The van der Waals surface area contributed by atoms with Crippen LogP contribution in [0.1, 0.15) is 34.8 Å². The molecule has 102 valence electrons. The van der Waals surface area contributed by atoms with Gasteiger partial charge in [-0.15, -0.1) is 0 Å². The number of rotatable bonds is 5. The van der Waals surface area contributed by atoms with Crippen molar-refractivity contribution in [1.82, 2.24) is 15.3 Å². The Labute approximate surface area is 108 Å². The van der Waals surface area contributed by atoms with E-state index in [1.165, 1.54) is 0 Å². The van der Waals surface area contributed by atoms with E-state index in [4.69, 9.17) is 10.2 Å². The topological polar surface area (TPSA) is 129 Å². The zero-order valence-corrected chi connectivity index (χ0v) is 10.3. The third kappa shape index (κ3) is 3.47. The lowest BCUT2D eigenvalue weighted by atomic mass is 10.0. The maximum atomic E-state index is 11.8. The van der Waals surface area contributed by atoms with Gasteiger partial charge in [-0.25, -0.2) is 19.6 Å². The number of amides is 1. The molecular formula is C11H13N3O5. The van der Waals surface area contributed by atoms with Gasteiger partial charge in [-0.3, -0.25) is 4.79 Å². The summed E-state index contributed by atoms with van der Waals surface area (Å²) in [6, 6.07) is -1.13. The molecule has 0 radical (unpaired) electrons. The highest BCUT2D eigenvalue weighted by Crippen LogP contribution is 2.06. The van der Waals surface area contributed by atoms with E-state index in [0.29, 0.717) is 0 Å². The molecule has 0 spiro atoms. The maximum Gasteiger partial charge on any atom is 0.356 e. The SMILES string of the molecule is CC(C)[C@H](NC(=O)c1nccnc1C(=O)O)C(=O)O. The highest BCUT2D eigenvalue weighted by molar-refractivity contribution is 6.03. The maximum absolute atomic E-state index is 11.8. The summed E-state index contributed by atoms with van der Waals surface area (Å²) in [6.07, 6.45) is 2.30. The normalized spacial score (nSPS) is 11.9. The molecule has 0 unspecified atom stereocenters. The van der Waals surface area contributed by atoms with Crippen molar-refractivity contribution < 1.29 is 24.6 Å². The fourth-order valence-corrected chi connectivity index (χ4v) is 1.38. The van der Waals surface area contributed by atoms with Crippen molar-refractivity contribution >= 4 is 17.8 Å². The molecule has 0 saturated heterocycles. The summed E-state index contributed by atoms with van der Waals surface area (Å²) in [6.45, 7) is 3.24. The predicted molar refractivity (Wildman–Crippen MR) is 62.7 cm³/mol. The minimum absolute atomic E-state index is 0.355. The molecule has 1 aromatic rings. The van der Waals surface area contributed by atoms with Crippen LogP contribution in [0.5, 0.6) is 0 Å². The molecule has 1 aromatic heterocycles. The number of carbonyl (C=O) groups is 3. The number of carboxylic acid groups (broad SMARTS) is 2. The van der Waals surface area contributed by atoms with E-state index in [0.717, 1.165) is 12.4 Å². The minimum Gasteiger partial charge on any atom is -0.480 e. The first kappa shape index (κ1) is 14.6. The van der Waals surface area contributed by atoms with Crippen molar-refractivity contribution in [3.63, 3.8) is 0 Å². The van der Waals surface area contributed by atoms with E-state index in [1.807, 2.05) is 0 Å². The van der Waals surface area contributed by atoms with Crippen molar-refractivity contribution in [3.05, 3.63) is 23.8 Å². The molecule has 0 aliphatic rings. The van der Waals surface area contributed by atoms with Crippen molar-refractivity contribution in [2.24, 2.45) is 5.92 Å². The highest BCUT2D eigenvalue weighted by Gasteiger charge is 2.27. The molecule has 0 bridgehead atoms. The van der Waals surface area contributed by atoms with Crippen LogP contribution >= 0.6 is 0 Å². The molecule has 1 amide bonds. The molecule has 8 heteroatoms. The Morgan fingerprint density at radius 3 is 2.05 bits per heavy atom. The lowest BCUT2D eigenvalue weighted by Gasteiger charge is -2.17. The number of carboxylic acids is 2. The van der Waals surface area contributed by atoms with Crippen molar-refractivity contribution in [2.45, 2.75) is 19.9 Å². The molecular weight excluding hydrogens is 254 g/mol. The Bertz CT molecular complexity index is 515. The van der Waals surface area contributed by atoms with Crippen LogP contribution in [-0.2, 0) is 4.79 Å². The largest absolute Gasteiger partial charge is 0.480 e. The molecule has 0 saturated carbocycles. The number of hydrogen-bond acceptors (Lipinski definition) is 5. The Balaban J connectivity index is 3.01. The second-order valence-electron chi connectivity index (χ2n) is 4.09. The summed E-state index contributed by atoms with van der Waals surface area (Å²) >= 11 is 0. The van der Waals surface area contributed by atoms with Crippen LogP contribution in [-0.4, -0.2) is 44.1 Å². The summed E-state index contributed by atoms with van der Waals surface area (Å²) < 4.78 is 0. The van der Waals surface area contributed by atoms with Gasteiger partial charge < -0.3 is 15.5 Å². The second kappa shape index (κ2) is 5.89. The number of aliphatic carboxylic acids is 1. The van der Waals surface area contributed by atoms with Crippen LogP contribution < -0.4 is 5.32 Å². The summed E-state index contributed by atoms with van der Waals surface area (Å²) in [5.74, 6) is -3.85. The smallest absolute Gasteiger partial charge is 0.356 e. The molecule has 0 aromatic carbocycles. The number of hydrogen-bond donors (Lipinski definition) is 3. The van der Waals surface area contributed by atoms with E-state index < -0.39 is 35.3 Å². The molecule has 1 atom stereocenters. The third-order valence-corrected chi connectivity index (χ3v) is 2.34. The van der Waals surface area contributed by atoms with Gasteiger partial charge in [-0.05, 0) is 5.92 Å². The lowest BCUT2D eigenvalue weighted by molar-refractivity contribution is -0.140. The van der Waals surface area contributed by atoms with Gasteiger partial charge in [0, 0.05) is 12.4 Å². The van der Waals surface area contributed by atoms with E-state index in [9.17, 15) is 14.4 Å². The molecule has 1 rings (SSSR count). The van der Waals surface area contributed by atoms with Gasteiger partial charge in [0.1, 0.15) is 6.04 Å². The summed E-state index contributed by atoms with van der Waals surface area (Å²) in [5, 5.41) is 20.0. The van der Waals surface area contributed by atoms with Crippen LogP contribution in [0.3, 0.4) is 0 Å². The van der Waals surface area contributed by atoms with E-state index >= 15 is 0 Å². The number of nitrogens with one attached hydrogen (secondary N) is 1. The molecule has 8 nitrogen and oxygen atoms in total. The molecule has 0 fully saturated rings. The fraction of sp³-hybridized carbons (Fsp3) is 0.364. The Kier molecular flexibility index (Phi) is 4.51. The van der Waals surface area contributed by atoms with Crippen molar-refractivity contribution in [3.8, 4) is 0 Å². The van der Waals surface area contributed by atoms with Crippen LogP contribution in [0.25, 0.3) is 0 Å². The first-order chi connectivity index (χ1) is 8.84. The molecule has 1 heterocycles. The molecule has 0 aliphatic carbocycles. The lowest BCUT2D eigenvalue weighted by Crippen LogP contribution is -2.45. The van der Waals surface area contributed by atoms with Gasteiger partial charge in [-0.1, -0.05) is 13.8 Å². The molecule has 19 heavy (non-hydrogen) atoms. The van der Waals surface area contributed by atoms with Gasteiger partial charge in [0.25, 0.3) is 5.91 Å². The Morgan fingerprint density at radius 2 is 1.63 bits per heavy atom. The fourth-order valence-electron chi connectivity index (χ4n) is 1.38. The van der Waals surface area contributed by atoms with Gasteiger partial charge >= 0.3 is 11.9 Å². The number of carbonyl (C=O) groups excluding carboxylic acids is 1. The van der Waals surface area contributed by atoms with E-state index in [1.54, 1.807) is 13.8 Å². The second-order valence-corrected chi connectivity index (χ2v) is 4.09. The predicted octanol–water partition coefficient (Wildman–Crippen LogP) is 0.0138. The summed E-state index contributed by atoms with van der Waals surface area (Å²) in [7, 11) is 0. The average molecular weight is 267 g/mol. The van der Waals surface area contributed by atoms with Crippen LogP contribution in [0.15, 0.2) is 12.4 Å². The van der Waals surface area contributed by atoms with Crippen molar-refractivity contribution in [2.75, 3.05) is 0 Å². The third-order valence-electron chi connectivity index (χ3n) is 2.34. The minimum atomic E-state index is -1.41. The summed E-state index contributed by atoms with van der Waals surface area (Å²) in [5.41, 5.74) is -0.935. The number of aromatic carboxylic acids is 1. The van der Waals surface area contributed by atoms with Gasteiger partial charge in [0.2, 0.25) is 0 Å². The zero-order chi connectivity index (χ0) is 14.6. The first-order valence-electron chi connectivity index (χ1n) is 5.42. The quantitative estimate of drug-likeness (QED) is 0.685. The first-order valence-corrected chi connectivity index (χ1v) is 5.42. The van der Waals surface area contributed by atoms with Gasteiger partial charge in [-0.2, -0.15) is 0 Å². The number of nitrogens with zero attached hydrogens (tertiary/aromatic N) is 2. The van der Waals surface area contributed by atoms with Crippen LogP contribution in [0, 0.1) is 5.92 Å². The molecule has 3 N–H and O–H groups in total. The van der Waals surface area contributed by atoms with E-state index in [2.05, 4.69) is 15.3 Å². The zero-order valence-electron chi connectivity index (χ0n) is 10.3. The van der Waals surface area contributed by atoms with Crippen LogP contribution in [0.2, 0.25) is 0 Å². The van der Waals surface area contributed by atoms with Crippen molar-refractivity contribution in [1.29, 1.82) is 0 Å². The average Bonchev–Trinajstić information content (AvgIpc) is 2.34. The highest BCUT2D eigenvalue weighted by atomic mass is 16.4. The van der Waals surface area contributed by atoms with Crippen LogP contribution in [0.4, 0.5) is 0 Å². The van der Waals surface area contributed by atoms with Gasteiger partial charge in [0.15, 0.2) is 11.4 Å². The molecule has 0 aliphatic heterocycles.